The molecule has 0 aromatic heterocycles. The Morgan fingerprint density at radius 1 is 1.09 bits per heavy atom. The Morgan fingerprint density at radius 3 is 2.00 bits per heavy atom. The van der Waals surface area contributed by atoms with Crippen LogP contribution < -0.4 is 10.1 Å². The molecular weight excluding hydrogens is 298 g/mol. The fraction of sp³-hybridized carbons (Fsp3) is 0.529. The van der Waals surface area contributed by atoms with E-state index in [2.05, 4.69) is 5.32 Å². The zero-order chi connectivity index (χ0) is 17.8. The van der Waals surface area contributed by atoms with Crippen LogP contribution >= 0.6 is 0 Å². The molecule has 0 spiro atoms. The van der Waals surface area contributed by atoms with Gasteiger partial charge in [-0.3, -0.25) is 0 Å². The van der Waals surface area contributed by atoms with Gasteiger partial charge in [0.25, 0.3) is 0 Å². The Balaban J connectivity index is 3.02. The zero-order valence-corrected chi connectivity index (χ0v) is 14.5. The summed E-state index contributed by atoms with van der Waals surface area (Å²) in [6, 6.07) is 5.94. The second kappa shape index (κ2) is 6.89. The number of ether oxygens (including phenoxy) is 2. The molecule has 1 atom stereocenters. The molecule has 0 radical (unpaired) electrons. The summed E-state index contributed by atoms with van der Waals surface area (Å²) in [7, 11) is 1.56. The van der Waals surface area contributed by atoms with Gasteiger partial charge < -0.3 is 19.9 Å². The van der Waals surface area contributed by atoms with E-state index < -0.39 is 29.1 Å². The van der Waals surface area contributed by atoms with Crippen LogP contribution in [0.5, 0.6) is 5.75 Å². The molecular formula is C17H25NO5. The van der Waals surface area contributed by atoms with Gasteiger partial charge in [0.15, 0.2) is 0 Å². The first-order valence-corrected chi connectivity index (χ1v) is 7.34. The smallest absolute Gasteiger partial charge is 0.408 e. The molecule has 128 valence electrons. The van der Waals surface area contributed by atoms with Crippen LogP contribution in [0.4, 0.5) is 4.79 Å². The number of amides is 1. The Hall–Kier alpha value is -2.24. The number of carboxylic acid groups (broad SMARTS) is 1. The molecule has 6 heteroatoms. The molecule has 6 nitrogen and oxygen atoms in total. The highest BCUT2D eigenvalue weighted by Gasteiger charge is 2.39. The van der Waals surface area contributed by atoms with Crippen LogP contribution in [-0.2, 0) is 14.9 Å². The first-order valence-electron chi connectivity index (χ1n) is 7.34. The van der Waals surface area contributed by atoms with Gasteiger partial charge in [0, 0.05) is 5.41 Å². The summed E-state index contributed by atoms with van der Waals surface area (Å²) in [5, 5.41) is 12.0. The number of aliphatic carboxylic acids is 1. The maximum atomic E-state index is 11.9. The molecule has 0 saturated carbocycles. The van der Waals surface area contributed by atoms with E-state index in [1.165, 1.54) is 0 Å². The molecule has 23 heavy (non-hydrogen) atoms. The van der Waals surface area contributed by atoms with Gasteiger partial charge in [-0.15, -0.1) is 0 Å². The van der Waals surface area contributed by atoms with Crippen molar-refractivity contribution in [1.82, 2.24) is 5.32 Å². The number of rotatable bonds is 5. The van der Waals surface area contributed by atoms with E-state index in [1.807, 2.05) is 0 Å². The van der Waals surface area contributed by atoms with Crippen LogP contribution in [-0.4, -0.2) is 35.9 Å². The van der Waals surface area contributed by atoms with Crippen LogP contribution in [0, 0.1) is 0 Å². The van der Waals surface area contributed by atoms with Gasteiger partial charge in [0.2, 0.25) is 0 Å². The lowest BCUT2D eigenvalue weighted by molar-refractivity contribution is -0.141. The molecule has 1 aromatic carbocycles. The standard InChI is InChI=1S/C17H25NO5/c1-16(2,3)23-15(21)18-13(14(19)20)17(4,5)11-7-9-12(22-6)10-8-11/h7-10,13H,1-6H3,(H,18,21)(H,19,20)/t13-/m1/s1. The third-order valence-electron chi connectivity index (χ3n) is 3.46. The van der Waals surface area contributed by atoms with Crippen molar-refractivity contribution >= 4 is 12.1 Å². The van der Waals surface area contributed by atoms with E-state index in [9.17, 15) is 14.7 Å². The molecule has 0 aliphatic heterocycles. The van der Waals surface area contributed by atoms with Gasteiger partial charge in [-0.2, -0.15) is 0 Å². The number of carbonyl (C=O) groups is 2. The number of carboxylic acids is 1. The van der Waals surface area contributed by atoms with Crippen molar-refractivity contribution in [2.24, 2.45) is 0 Å². The number of hydrogen-bond donors (Lipinski definition) is 2. The number of benzene rings is 1. The minimum Gasteiger partial charge on any atom is -0.497 e. The molecule has 0 bridgehead atoms. The second-order valence-electron chi connectivity index (χ2n) is 6.87. The van der Waals surface area contributed by atoms with Gasteiger partial charge in [-0.25, -0.2) is 9.59 Å². The molecule has 0 aliphatic rings. The molecule has 0 aliphatic carbocycles. The van der Waals surface area contributed by atoms with Crippen LogP contribution in [0.2, 0.25) is 0 Å². The average Bonchev–Trinajstić information content (AvgIpc) is 2.42. The minimum atomic E-state index is -1.13. The second-order valence-corrected chi connectivity index (χ2v) is 6.87. The molecule has 1 amide bonds. The monoisotopic (exact) mass is 323 g/mol. The van der Waals surface area contributed by atoms with Crippen molar-refractivity contribution in [3.05, 3.63) is 29.8 Å². The lowest BCUT2D eigenvalue weighted by Gasteiger charge is -2.33. The normalized spacial score (nSPS) is 13.1. The highest BCUT2D eigenvalue weighted by molar-refractivity contribution is 5.82. The van der Waals surface area contributed by atoms with Crippen molar-refractivity contribution < 1.29 is 24.2 Å². The number of carbonyl (C=O) groups excluding carboxylic acids is 1. The van der Waals surface area contributed by atoms with Crippen LogP contribution in [0.15, 0.2) is 24.3 Å². The van der Waals surface area contributed by atoms with Crippen molar-refractivity contribution in [3.63, 3.8) is 0 Å². The van der Waals surface area contributed by atoms with Crippen molar-refractivity contribution in [2.45, 2.75) is 51.7 Å². The van der Waals surface area contributed by atoms with E-state index in [1.54, 1.807) is 66.0 Å². The molecule has 1 aromatic rings. The number of alkyl carbamates (subject to hydrolysis) is 1. The van der Waals surface area contributed by atoms with E-state index in [0.29, 0.717) is 5.75 Å². The lowest BCUT2D eigenvalue weighted by atomic mass is 9.77. The molecule has 0 saturated heterocycles. The van der Waals surface area contributed by atoms with Crippen LogP contribution in [0.1, 0.15) is 40.2 Å². The third-order valence-corrected chi connectivity index (χ3v) is 3.46. The first kappa shape index (κ1) is 18.8. The van der Waals surface area contributed by atoms with Crippen molar-refractivity contribution in [2.75, 3.05) is 7.11 Å². The Morgan fingerprint density at radius 2 is 1.61 bits per heavy atom. The Bertz CT molecular complexity index is 557. The molecule has 0 fully saturated rings. The fourth-order valence-corrected chi connectivity index (χ4v) is 2.16. The highest BCUT2D eigenvalue weighted by Crippen LogP contribution is 2.29. The first-order chi connectivity index (χ1) is 10.5. The molecule has 0 unspecified atom stereocenters. The molecule has 2 N–H and O–H groups in total. The SMILES string of the molecule is COc1ccc(C(C)(C)[C@H](NC(=O)OC(C)(C)C)C(=O)O)cc1. The Labute approximate surface area is 136 Å². The maximum absolute atomic E-state index is 11.9. The molecule has 0 heterocycles. The number of hydrogen-bond acceptors (Lipinski definition) is 4. The fourth-order valence-electron chi connectivity index (χ4n) is 2.16. The van der Waals surface area contributed by atoms with E-state index >= 15 is 0 Å². The highest BCUT2D eigenvalue weighted by atomic mass is 16.6. The predicted octanol–water partition coefficient (Wildman–Crippen LogP) is 2.95. The van der Waals surface area contributed by atoms with Gasteiger partial charge in [0.05, 0.1) is 7.11 Å². The minimum absolute atomic E-state index is 0.677. The van der Waals surface area contributed by atoms with Gasteiger partial charge in [-0.1, -0.05) is 26.0 Å². The summed E-state index contributed by atoms with van der Waals surface area (Å²) in [6.07, 6.45) is -0.758. The average molecular weight is 323 g/mol. The van der Waals surface area contributed by atoms with Crippen LogP contribution in [0.25, 0.3) is 0 Å². The zero-order valence-electron chi connectivity index (χ0n) is 14.5. The van der Waals surface area contributed by atoms with Crippen LogP contribution in [0.3, 0.4) is 0 Å². The topological polar surface area (TPSA) is 84.9 Å². The quantitative estimate of drug-likeness (QED) is 0.870. The van der Waals surface area contributed by atoms with E-state index in [0.717, 1.165) is 5.56 Å². The summed E-state index contributed by atoms with van der Waals surface area (Å²) in [5.41, 5.74) is -0.770. The van der Waals surface area contributed by atoms with Gasteiger partial charge in [0.1, 0.15) is 17.4 Å². The van der Waals surface area contributed by atoms with E-state index in [-0.39, 0.29) is 0 Å². The number of methoxy groups -OCH3 is 1. The summed E-state index contributed by atoms with van der Waals surface area (Å²) in [6.45, 7) is 8.67. The molecule has 1 rings (SSSR count). The third kappa shape index (κ3) is 5.16. The summed E-state index contributed by atoms with van der Waals surface area (Å²) in [4.78, 5) is 23.6. The number of nitrogens with one attached hydrogen (secondary N) is 1. The summed E-state index contributed by atoms with van der Waals surface area (Å²) >= 11 is 0. The van der Waals surface area contributed by atoms with Crippen molar-refractivity contribution in [3.8, 4) is 5.75 Å². The van der Waals surface area contributed by atoms with Gasteiger partial charge >= 0.3 is 12.1 Å². The van der Waals surface area contributed by atoms with E-state index in [4.69, 9.17) is 9.47 Å². The summed E-state index contributed by atoms with van der Waals surface area (Å²) < 4.78 is 10.3. The largest absolute Gasteiger partial charge is 0.497 e. The van der Waals surface area contributed by atoms with Gasteiger partial charge in [-0.05, 0) is 38.5 Å². The Kier molecular flexibility index (Phi) is 5.64. The summed E-state index contributed by atoms with van der Waals surface area (Å²) in [5.74, 6) is -0.451. The maximum Gasteiger partial charge on any atom is 0.408 e. The lowest BCUT2D eigenvalue weighted by Crippen LogP contribution is -2.53. The van der Waals surface area contributed by atoms with Crippen molar-refractivity contribution in [1.29, 1.82) is 0 Å². The predicted molar refractivity (Wildman–Crippen MR) is 86.8 cm³/mol.